The van der Waals surface area contributed by atoms with Gasteiger partial charge in [0.2, 0.25) is 0 Å². The predicted octanol–water partition coefficient (Wildman–Crippen LogP) is 3.33. The third-order valence-corrected chi connectivity index (χ3v) is 2.77. The first-order valence-electron chi connectivity index (χ1n) is 5.61. The van der Waals surface area contributed by atoms with E-state index in [4.69, 9.17) is 11.6 Å². The van der Waals surface area contributed by atoms with Gasteiger partial charge in [-0.1, -0.05) is 29.8 Å². The van der Waals surface area contributed by atoms with Crippen LogP contribution in [0.25, 0.3) is 0 Å². The third-order valence-electron chi connectivity index (χ3n) is 2.52. The molecule has 0 saturated carbocycles. The Labute approximate surface area is 107 Å². The number of pyridine rings is 1. The fourth-order valence-corrected chi connectivity index (χ4v) is 1.67. The molecule has 2 aromatic rings. The lowest BCUT2D eigenvalue weighted by Gasteiger charge is -2.05. The van der Waals surface area contributed by atoms with Crippen LogP contribution in [0.2, 0.25) is 5.02 Å². The minimum Gasteiger partial charge on any atom is -0.307 e. The zero-order chi connectivity index (χ0) is 12.1. The third kappa shape index (κ3) is 3.84. The Morgan fingerprint density at radius 1 is 1.06 bits per heavy atom. The highest BCUT2D eigenvalue weighted by atomic mass is 35.5. The Bertz CT molecular complexity index is 417. The van der Waals surface area contributed by atoms with Gasteiger partial charge in [0.25, 0.3) is 0 Å². The molecule has 17 heavy (non-hydrogen) atoms. The SMILES string of the molecule is Cc1ccc(CNCc2ccc(Cl)cc2)nc1. The topological polar surface area (TPSA) is 24.9 Å². The average Bonchev–Trinajstić information content (AvgIpc) is 2.34. The van der Waals surface area contributed by atoms with Gasteiger partial charge in [-0.25, -0.2) is 0 Å². The van der Waals surface area contributed by atoms with Crippen molar-refractivity contribution < 1.29 is 0 Å². The molecular formula is C14H15ClN2. The minimum absolute atomic E-state index is 0.772. The summed E-state index contributed by atoms with van der Waals surface area (Å²) in [6, 6.07) is 12.0. The summed E-state index contributed by atoms with van der Waals surface area (Å²) in [4.78, 5) is 4.34. The molecule has 0 radical (unpaired) electrons. The Morgan fingerprint density at radius 3 is 2.47 bits per heavy atom. The second-order valence-corrected chi connectivity index (χ2v) is 4.49. The molecule has 2 nitrogen and oxygen atoms in total. The van der Waals surface area contributed by atoms with Crippen LogP contribution >= 0.6 is 11.6 Å². The molecule has 0 fully saturated rings. The van der Waals surface area contributed by atoms with E-state index in [1.807, 2.05) is 43.5 Å². The van der Waals surface area contributed by atoms with Crippen molar-refractivity contribution in [2.45, 2.75) is 20.0 Å². The number of aryl methyl sites for hydroxylation is 1. The lowest BCUT2D eigenvalue weighted by atomic mass is 10.2. The summed E-state index contributed by atoms with van der Waals surface area (Å²) in [5.74, 6) is 0. The molecule has 1 aromatic heterocycles. The first-order chi connectivity index (χ1) is 8.24. The number of benzene rings is 1. The van der Waals surface area contributed by atoms with Crippen molar-refractivity contribution in [3.8, 4) is 0 Å². The van der Waals surface area contributed by atoms with Gasteiger partial charge in [0.1, 0.15) is 0 Å². The van der Waals surface area contributed by atoms with Crippen LogP contribution in [-0.2, 0) is 13.1 Å². The van der Waals surface area contributed by atoms with Crippen LogP contribution in [0.15, 0.2) is 42.6 Å². The lowest BCUT2D eigenvalue weighted by molar-refractivity contribution is 0.679. The van der Waals surface area contributed by atoms with E-state index < -0.39 is 0 Å². The standard InChI is InChI=1S/C14H15ClN2/c1-11-2-7-14(17-8-11)10-16-9-12-3-5-13(15)6-4-12/h2-8,16H,9-10H2,1H3. The molecule has 0 unspecified atom stereocenters. The van der Waals surface area contributed by atoms with Crippen molar-refractivity contribution in [1.82, 2.24) is 10.3 Å². The molecule has 0 bridgehead atoms. The van der Waals surface area contributed by atoms with Crippen molar-refractivity contribution in [3.05, 3.63) is 64.4 Å². The van der Waals surface area contributed by atoms with E-state index in [1.165, 1.54) is 11.1 Å². The van der Waals surface area contributed by atoms with Crippen LogP contribution in [0.1, 0.15) is 16.8 Å². The molecule has 1 heterocycles. The van der Waals surface area contributed by atoms with E-state index in [0.717, 1.165) is 23.8 Å². The molecule has 1 aromatic carbocycles. The van der Waals surface area contributed by atoms with Gasteiger partial charge >= 0.3 is 0 Å². The van der Waals surface area contributed by atoms with Crippen molar-refractivity contribution in [2.75, 3.05) is 0 Å². The van der Waals surface area contributed by atoms with Gasteiger partial charge in [0.05, 0.1) is 5.69 Å². The molecule has 0 spiro atoms. The number of nitrogens with zero attached hydrogens (tertiary/aromatic N) is 1. The van der Waals surface area contributed by atoms with E-state index in [1.54, 1.807) is 0 Å². The van der Waals surface area contributed by atoms with Crippen molar-refractivity contribution in [2.24, 2.45) is 0 Å². The smallest absolute Gasteiger partial charge is 0.0541 e. The summed E-state index contributed by atoms with van der Waals surface area (Å²) in [7, 11) is 0. The van der Waals surface area contributed by atoms with E-state index in [2.05, 4.69) is 16.4 Å². The van der Waals surface area contributed by atoms with Crippen molar-refractivity contribution in [3.63, 3.8) is 0 Å². The minimum atomic E-state index is 0.772. The highest BCUT2D eigenvalue weighted by Crippen LogP contribution is 2.09. The predicted molar refractivity (Wildman–Crippen MR) is 71.0 cm³/mol. The van der Waals surface area contributed by atoms with Gasteiger partial charge < -0.3 is 5.32 Å². The second-order valence-electron chi connectivity index (χ2n) is 4.06. The van der Waals surface area contributed by atoms with Crippen LogP contribution in [0.4, 0.5) is 0 Å². The fraction of sp³-hybridized carbons (Fsp3) is 0.214. The maximum absolute atomic E-state index is 5.83. The van der Waals surface area contributed by atoms with Crippen LogP contribution < -0.4 is 5.32 Å². The summed E-state index contributed by atoms with van der Waals surface area (Å²) in [5.41, 5.74) is 3.47. The monoisotopic (exact) mass is 246 g/mol. The van der Waals surface area contributed by atoms with Crippen LogP contribution in [0.5, 0.6) is 0 Å². The first kappa shape index (κ1) is 12.1. The molecule has 0 aliphatic carbocycles. The van der Waals surface area contributed by atoms with Crippen LogP contribution in [-0.4, -0.2) is 4.98 Å². The van der Waals surface area contributed by atoms with Gasteiger partial charge in [0, 0.05) is 24.3 Å². The Kier molecular flexibility index (Phi) is 4.13. The molecule has 0 aliphatic heterocycles. The van der Waals surface area contributed by atoms with Crippen molar-refractivity contribution in [1.29, 1.82) is 0 Å². The normalized spacial score (nSPS) is 10.5. The molecule has 0 aliphatic rings. The first-order valence-corrected chi connectivity index (χ1v) is 5.98. The zero-order valence-electron chi connectivity index (χ0n) is 9.78. The highest BCUT2D eigenvalue weighted by Gasteiger charge is 1.95. The summed E-state index contributed by atoms with van der Waals surface area (Å²) in [6.45, 7) is 3.65. The molecule has 0 saturated heterocycles. The summed E-state index contributed by atoms with van der Waals surface area (Å²) >= 11 is 5.83. The van der Waals surface area contributed by atoms with Gasteiger partial charge in [0.15, 0.2) is 0 Å². The summed E-state index contributed by atoms with van der Waals surface area (Å²) < 4.78 is 0. The number of hydrogen-bond acceptors (Lipinski definition) is 2. The lowest BCUT2D eigenvalue weighted by Crippen LogP contribution is -2.13. The molecule has 88 valence electrons. The Hall–Kier alpha value is -1.38. The van der Waals surface area contributed by atoms with E-state index >= 15 is 0 Å². The summed E-state index contributed by atoms with van der Waals surface area (Å²) in [6.07, 6.45) is 1.89. The van der Waals surface area contributed by atoms with Gasteiger partial charge in [-0.15, -0.1) is 0 Å². The number of aromatic nitrogens is 1. The van der Waals surface area contributed by atoms with Gasteiger partial charge in [-0.05, 0) is 36.2 Å². The maximum Gasteiger partial charge on any atom is 0.0541 e. The molecule has 0 atom stereocenters. The largest absolute Gasteiger partial charge is 0.307 e. The number of nitrogens with one attached hydrogen (secondary N) is 1. The van der Waals surface area contributed by atoms with Crippen LogP contribution in [0, 0.1) is 6.92 Å². The quantitative estimate of drug-likeness (QED) is 0.895. The number of halogens is 1. The maximum atomic E-state index is 5.83. The molecule has 0 amide bonds. The van der Waals surface area contributed by atoms with E-state index in [9.17, 15) is 0 Å². The van der Waals surface area contributed by atoms with Gasteiger partial charge in [-0.3, -0.25) is 4.98 Å². The van der Waals surface area contributed by atoms with Crippen LogP contribution in [0.3, 0.4) is 0 Å². The Balaban J connectivity index is 1.83. The number of rotatable bonds is 4. The molecule has 3 heteroatoms. The molecule has 2 rings (SSSR count). The van der Waals surface area contributed by atoms with E-state index in [0.29, 0.717) is 0 Å². The van der Waals surface area contributed by atoms with E-state index in [-0.39, 0.29) is 0 Å². The Morgan fingerprint density at radius 2 is 1.82 bits per heavy atom. The highest BCUT2D eigenvalue weighted by molar-refractivity contribution is 6.30. The number of hydrogen-bond donors (Lipinski definition) is 1. The summed E-state index contributed by atoms with van der Waals surface area (Å²) in [5, 5.41) is 4.12. The zero-order valence-corrected chi connectivity index (χ0v) is 10.5. The molecule has 1 N–H and O–H groups in total. The average molecular weight is 247 g/mol. The van der Waals surface area contributed by atoms with Gasteiger partial charge in [-0.2, -0.15) is 0 Å². The fourth-order valence-electron chi connectivity index (χ4n) is 1.54. The van der Waals surface area contributed by atoms with Crippen molar-refractivity contribution >= 4 is 11.6 Å². The second kappa shape index (κ2) is 5.80. The molecular weight excluding hydrogens is 232 g/mol.